The summed E-state index contributed by atoms with van der Waals surface area (Å²) in [5, 5.41) is 8.79. The molecule has 3 nitrogen and oxygen atoms in total. The van der Waals surface area contributed by atoms with Crippen molar-refractivity contribution in [3.8, 4) is 6.07 Å². The molecule has 3 atom stereocenters. The molecule has 0 spiro atoms. The zero-order valence-electron chi connectivity index (χ0n) is 11.3. The number of nitrogens with zero attached hydrogens (tertiary/aromatic N) is 1. The summed E-state index contributed by atoms with van der Waals surface area (Å²) in [7, 11) is -3.66. The highest BCUT2D eigenvalue weighted by atomic mass is 35.5. The van der Waals surface area contributed by atoms with Crippen molar-refractivity contribution in [2.75, 3.05) is 0 Å². The lowest BCUT2D eigenvalue weighted by molar-refractivity contribution is 0.593. The molecule has 3 rings (SSSR count). The van der Waals surface area contributed by atoms with Crippen LogP contribution in [0.25, 0.3) is 0 Å². The molecule has 1 aliphatic rings. The Balaban J connectivity index is 1.98. The Hall–Kier alpha value is -1.90. The van der Waals surface area contributed by atoms with Crippen molar-refractivity contribution in [2.24, 2.45) is 5.92 Å². The number of rotatable bonds is 3. The van der Waals surface area contributed by atoms with Crippen molar-refractivity contribution in [2.45, 2.75) is 16.1 Å². The Morgan fingerprint density at radius 1 is 1.14 bits per heavy atom. The summed E-state index contributed by atoms with van der Waals surface area (Å²) in [5.74, 6) is -1.60. The van der Waals surface area contributed by atoms with E-state index in [4.69, 9.17) is 11.6 Å². The zero-order valence-corrected chi connectivity index (χ0v) is 12.9. The number of halogens is 2. The van der Waals surface area contributed by atoms with E-state index in [0.717, 1.165) is 0 Å². The van der Waals surface area contributed by atoms with Crippen LogP contribution in [0.4, 0.5) is 4.39 Å². The second kappa shape index (κ2) is 5.38. The van der Waals surface area contributed by atoms with Crippen LogP contribution >= 0.6 is 11.6 Å². The van der Waals surface area contributed by atoms with E-state index in [0.29, 0.717) is 10.6 Å². The minimum atomic E-state index is -3.66. The molecule has 0 saturated heterocycles. The lowest BCUT2D eigenvalue weighted by Crippen LogP contribution is -2.10. The van der Waals surface area contributed by atoms with Crippen LogP contribution in [0.3, 0.4) is 0 Å². The van der Waals surface area contributed by atoms with Crippen molar-refractivity contribution in [3.63, 3.8) is 0 Å². The molecular formula is C16H11ClFNO2S. The fourth-order valence-corrected chi connectivity index (χ4v) is 4.91. The SMILES string of the molecule is N#C[C@H]1[C@@H](c2cccc(F)c2)[C@@H]1S(=O)(=O)c1ccc(Cl)cc1. The van der Waals surface area contributed by atoms with Gasteiger partial charge in [0.25, 0.3) is 0 Å². The topological polar surface area (TPSA) is 57.9 Å². The van der Waals surface area contributed by atoms with Gasteiger partial charge in [0.2, 0.25) is 0 Å². The first-order valence-corrected chi connectivity index (χ1v) is 8.52. The van der Waals surface area contributed by atoms with Gasteiger partial charge in [0.1, 0.15) is 5.82 Å². The first-order chi connectivity index (χ1) is 10.4. The van der Waals surface area contributed by atoms with Crippen LogP contribution in [-0.2, 0) is 9.84 Å². The lowest BCUT2D eigenvalue weighted by Gasteiger charge is -2.04. The van der Waals surface area contributed by atoms with Crippen molar-refractivity contribution >= 4 is 21.4 Å². The maximum absolute atomic E-state index is 13.3. The molecule has 22 heavy (non-hydrogen) atoms. The molecule has 2 aromatic rings. The fourth-order valence-electron chi connectivity index (χ4n) is 2.72. The van der Waals surface area contributed by atoms with E-state index in [1.807, 2.05) is 6.07 Å². The highest BCUT2D eigenvalue weighted by molar-refractivity contribution is 7.92. The van der Waals surface area contributed by atoms with Crippen LogP contribution in [-0.4, -0.2) is 13.7 Å². The van der Waals surface area contributed by atoms with Gasteiger partial charge in [-0.3, -0.25) is 0 Å². The van der Waals surface area contributed by atoms with Crippen LogP contribution < -0.4 is 0 Å². The number of sulfone groups is 1. The maximum Gasteiger partial charge on any atom is 0.183 e. The van der Waals surface area contributed by atoms with Gasteiger partial charge in [0, 0.05) is 10.9 Å². The quantitative estimate of drug-likeness (QED) is 0.861. The van der Waals surface area contributed by atoms with E-state index in [1.165, 1.54) is 42.5 Å². The average Bonchev–Trinajstić information content (AvgIpc) is 3.23. The first-order valence-electron chi connectivity index (χ1n) is 6.59. The highest BCUT2D eigenvalue weighted by Crippen LogP contribution is 2.53. The molecule has 0 unspecified atom stereocenters. The van der Waals surface area contributed by atoms with Gasteiger partial charge in [-0.05, 0) is 42.0 Å². The molecule has 1 saturated carbocycles. The summed E-state index contributed by atoms with van der Waals surface area (Å²) in [4.78, 5) is 0.126. The lowest BCUT2D eigenvalue weighted by atomic mass is 10.1. The van der Waals surface area contributed by atoms with E-state index in [-0.39, 0.29) is 4.90 Å². The Kier molecular flexibility index (Phi) is 3.67. The van der Waals surface area contributed by atoms with E-state index in [2.05, 4.69) is 0 Å². The largest absolute Gasteiger partial charge is 0.223 e. The molecule has 0 bridgehead atoms. The van der Waals surface area contributed by atoms with Crippen molar-refractivity contribution in [1.82, 2.24) is 0 Å². The van der Waals surface area contributed by atoms with E-state index >= 15 is 0 Å². The van der Waals surface area contributed by atoms with Gasteiger partial charge in [-0.25, -0.2) is 12.8 Å². The van der Waals surface area contributed by atoms with Gasteiger partial charge in [-0.2, -0.15) is 5.26 Å². The monoisotopic (exact) mass is 335 g/mol. The summed E-state index contributed by atoms with van der Waals surface area (Å²) in [5.41, 5.74) is 0.536. The van der Waals surface area contributed by atoms with Gasteiger partial charge >= 0.3 is 0 Å². The normalized spacial score (nSPS) is 23.8. The molecule has 0 aliphatic heterocycles. The van der Waals surface area contributed by atoms with E-state index < -0.39 is 32.7 Å². The molecule has 0 N–H and O–H groups in total. The molecule has 2 aromatic carbocycles. The third-order valence-corrected chi connectivity index (χ3v) is 6.32. The maximum atomic E-state index is 13.3. The Morgan fingerprint density at radius 2 is 1.82 bits per heavy atom. The minimum Gasteiger partial charge on any atom is -0.223 e. The van der Waals surface area contributed by atoms with Crippen LogP contribution in [0.1, 0.15) is 11.5 Å². The zero-order chi connectivity index (χ0) is 15.9. The number of nitriles is 1. The Bertz CT molecular complexity index is 858. The van der Waals surface area contributed by atoms with E-state index in [1.54, 1.807) is 6.07 Å². The van der Waals surface area contributed by atoms with Gasteiger partial charge in [-0.1, -0.05) is 23.7 Å². The summed E-state index contributed by atoms with van der Waals surface area (Å²) in [6.45, 7) is 0. The third kappa shape index (κ3) is 2.49. The van der Waals surface area contributed by atoms with Crippen molar-refractivity contribution < 1.29 is 12.8 Å². The van der Waals surface area contributed by atoms with Crippen molar-refractivity contribution in [1.29, 1.82) is 5.26 Å². The predicted octanol–water partition coefficient (Wildman–Crippen LogP) is 3.56. The summed E-state index contributed by atoms with van der Waals surface area (Å²) >= 11 is 5.77. The number of benzene rings is 2. The van der Waals surface area contributed by atoms with Crippen LogP contribution in [0.15, 0.2) is 53.4 Å². The van der Waals surface area contributed by atoms with Crippen LogP contribution in [0.5, 0.6) is 0 Å². The first kappa shape index (κ1) is 15.0. The summed E-state index contributed by atoms with van der Waals surface area (Å²) < 4.78 is 38.6. The van der Waals surface area contributed by atoms with Gasteiger partial charge in [0.15, 0.2) is 9.84 Å². The van der Waals surface area contributed by atoms with Gasteiger partial charge in [-0.15, -0.1) is 0 Å². The predicted molar refractivity (Wildman–Crippen MR) is 80.7 cm³/mol. The second-order valence-electron chi connectivity index (χ2n) is 5.20. The van der Waals surface area contributed by atoms with Crippen molar-refractivity contribution in [3.05, 3.63) is 64.9 Å². The summed E-state index contributed by atoms with van der Waals surface area (Å²) in [6, 6.07) is 13.6. The Morgan fingerprint density at radius 3 is 2.41 bits per heavy atom. The highest BCUT2D eigenvalue weighted by Gasteiger charge is 2.59. The smallest absolute Gasteiger partial charge is 0.183 e. The molecule has 1 aliphatic carbocycles. The molecule has 0 aromatic heterocycles. The molecule has 0 radical (unpaired) electrons. The van der Waals surface area contributed by atoms with Crippen LogP contribution in [0, 0.1) is 23.1 Å². The molecule has 0 heterocycles. The second-order valence-corrected chi connectivity index (χ2v) is 7.74. The number of hydrogen-bond donors (Lipinski definition) is 0. The Labute approximate surface area is 132 Å². The van der Waals surface area contributed by atoms with E-state index in [9.17, 15) is 18.1 Å². The van der Waals surface area contributed by atoms with Gasteiger partial charge < -0.3 is 0 Å². The van der Waals surface area contributed by atoms with Gasteiger partial charge in [0.05, 0.1) is 22.1 Å². The fraction of sp³-hybridized carbons (Fsp3) is 0.188. The molecule has 6 heteroatoms. The average molecular weight is 336 g/mol. The minimum absolute atomic E-state index is 0.126. The molecule has 0 amide bonds. The molecular weight excluding hydrogens is 325 g/mol. The standard InChI is InChI=1S/C16H11ClFNO2S/c17-11-4-6-13(7-5-11)22(20,21)16-14(9-19)15(16)10-2-1-3-12(18)8-10/h1-8,14-16H/t14-,15+,16+/m0/s1. The van der Waals surface area contributed by atoms with Crippen LogP contribution in [0.2, 0.25) is 5.02 Å². The molecule has 1 fully saturated rings. The molecule has 112 valence electrons. The summed E-state index contributed by atoms with van der Waals surface area (Å²) in [6.07, 6.45) is 0. The number of hydrogen-bond acceptors (Lipinski definition) is 3. The third-order valence-electron chi connectivity index (χ3n) is 3.84.